The van der Waals surface area contributed by atoms with Crippen molar-refractivity contribution in [3.63, 3.8) is 0 Å². The van der Waals surface area contributed by atoms with Crippen LogP contribution in [0.2, 0.25) is 0 Å². The quantitative estimate of drug-likeness (QED) is 0.680. The van der Waals surface area contributed by atoms with Gasteiger partial charge in [0.1, 0.15) is 5.82 Å². The first kappa shape index (κ1) is 22.3. The lowest BCUT2D eigenvalue weighted by atomic mass is 9.98. The predicted molar refractivity (Wildman–Crippen MR) is 103 cm³/mol. The maximum absolute atomic E-state index is 13.1. The van der Waals surface area contributed by atoms with Gasteiger partial charge in [0.25, 0.3) is 0 Å². The molecule has 1 aliphatic heterocycles. The fraction of sp³-hybridized carbons (Fsp3) is 0.579. The summed E-state index contributed by atoms with van der Waals surface area (Å²) in [5.74, 6) is -1.38. The lowest BCUT2D eigenvalue weighted by Crippen LogP contribution is -2.48. The third kappa shape index (κ3) is 5.08. The number of benzene rings is 1. The van der Waals surface area contributed by atoms with Crippen molar-refractivity contribution in [2.45, 2.75) is 31.6 Å². The Balaban J connectivity index is 2.06. The van der Waals surface area contributed by atoms with E-state index in [0.29, 0.717) is 32.5 Å². The Hall–Kier alpha value is -2.00. The Labute approximate surface area is 166 Å². The second-order valence-corrected chi connectivity index (χ2v) is 8.85. The first-order chi connectivity index (χ1) is 13.2. The first-order valence-electron chi connectivity index (χ1n) is 9.49. The van der Waals surface area contributed by atoms with Gasteiger partial charge in [-0.05, 0) is 51.0 Å². The smallest absolute Gasteiger partial charge is 0.243 e. The molecule has 1 aromatic carbocycles. The van der Waals surface area contributed by atoms with Crippen molar-refractivity contribution < 1.29 is 22.4 Å². The van der Waals surface area contributed by atoms with Crippen molar-refractivity contribution in [3.8, 4) is 0 Å². The van der Waals surface area contributed by atoms with Crippen molar-refractivity contribution in [2.24, 2.45) is 5.92 Å². The van der Waals surface area contributed by atoms with Crippen LogP contribution in [0.4, 0.5) is 4.39 Å². The number of hydrogen-bond donors (Lipinski definition) is 0. The summed E-state index contributed by atoms with van der Waals surface area (Å²) >= 11 is 0. The molecule has 0 aliphatic carbocycles. The summed E-state index contributed by atoms with van der Waals surface area (Å²) in [7, 11) is -2.23. The summed E-state index contributed by atoms with van der Waals surface area (Å²) in [5.41, 5.74) is 0. The van der Waals surface area contributed by atoms with Crippen LogP contribution in [0.25, 0.3) is 0 Å². The van der Waals surface area contributed by atoms with Crippen LogP contribution in [-0.2, 0) is 19.6 Å². The van der Waals surface area contributed by atoms with E-state index in [1.807, 2.05) is 13.8 Å². The lowest BCUT2D eigenvalue weighted by Gasteiger charge is -2.33. The van der Waals surface area contributed by atoms with Crippen molar-refractivity contribution in [3.05, 3.63) is 30.1 Å². The summed E-state index contributed by atoms with van der Waals surface area (Å²) in [4.78, 5) is 28.0. The molecule has 1 aromatic rings. The third-order valence-corrected chi connectivity index (χ3v) is 6.93. The number of amides is 2. The lowest BCUT2D eigenvalue weighted by molar-refractivity contribution is -0.142. The molecule has 1 unspecified atom stereocenters. The minimum atomic E-state index is -3.79. The van der Waals surface area contributed by atoms with E-state index in [2.05, 4.69) is 0 Å². The Kier molecular flexibility index (Phi) is 7.54. The van der Waals surface area contributed by atoms with E-state index < -0.39 is 21.8 Å². The highest BCUT2D eigenvalue weighted by molar-refractivity contribution is 7.89. The van der Waals surface area contributed by atoms with Crippen molar-refractivity contribution in [2.75, 3.05) is 39.8 Å². The molecule has 0 saturated carbocycles. The molecular weight excluding hydrogens is 385 g/mol. The standard InChI is InChI=1S/C19H28FN3O4S/c1-4-22(5-2)18(24)14-21(3)19(25)15-7-6-12-23(13-15)28(26,27)17-10-8-16(20)9-11-17/h8-11,15H,4-7,12-14H2,1-3H3. The number of halogens is 1. The van der Waals surface area contributed by atoms with Gasteiger partial charge >= 0.3 is 0 Å². The predicted octanol–water partition coefficient (Wildman–Crippen LogP) is 1.55. The molecule has 1 atom stereocenters. The highest BCUT2D eigenvalue weighted by atomic mass is 32.2. The molecule has 0 bridgehead atoms. The van der Waals surface area contributed by atoms with Crippen LogP contribution in [0.3, 0.4) is 0 Å². The van der Waals surface area contributed by atoms with Gasteiger partial charge in [-0.25, -0.2) is 12.8 Å². The second kappa shape index (κ2) is 9.47. The minimum absolute atomic E-state index is 0.00654. The average molecular weight is 414 g/mol. The summed E-state index contributed by atoms with van der Waals surface area (Å²) in [6.45, 7) is 5.25. The van der Waals surface area contributed by atoms with Crippen molar-refractivity contribution in [1.82, 2.24) is 14.1 Å². The highest BCUT2D eigenvalue weighted by Crippen LogP contribution is 2.25. The van der Waals surface area contributed by atoms with Crippen LogP contribution in [0.15, 0.2) is 29.2 Å². The zero-order chi connectivity index (χ0) is 20.9. The summed E-state index contributed by atoms with van der Waals surface area (Å²) in [5, 5.41) is 0. The summed E-state index contributed by atoms with van der Waals surface area (Å²) in [6.07, 6.45) is 1.12. The Bertz CT molecular complexity index is 794. The molecule has 156 valence electrons. The van der Waals surface area contributed by atoms with Crippen LogP contribution >= 0.6 is 0 Å². The van der Waals surface area contributed by atoms with Gasteiger partial charge in [0.15, 0.2) is 0 Å². The van der Waals surface area contributed by atoms with Gasteiger partial charge in [-0.3, -0.25) is 9.59 Å². The molecule has 1 fully saturated rings. The molecule has 7 nitrogen and oxygen atoms in total. The van der Waals surface area contributed by atoms with Crippen molar-refractivity contribution >= 4 is 21.8 Å². The molecule has 2 rings (SSSR count). The molecule has 9 heteroatoms. The Morgan fingerprint density at radius 1 is 1.18 bits per heavy atom. The maximum Gasteiger partial charge on any atom is 0.243 e. The zero-order valence-electron chi connectivity index (χ0n) is 16.6. The Morgan fingerprint density at radius 2 is 1.79 bits per heavy atom. The molecule has 0 N–H and O–H groups in total. The maximum atomic E-state index is 13.1. The number of piperidine rings is 1. The molecule has 2 amide bonds. The number of carbonyl (C=O) groups is 2. The highest BCUT2D eigenvalue weighted by Gasteiger charge is 2.34. The number of carbonyl (C=O) groups excluding carboxylic acids is 2. The van der Waals surface area contributed by atoms with E-state index >= 15 is 0 Å². The molecule has 0 radical (unpaired) electrons. The van der Waals surface area contributed by atoms with E-state index in [1.54, 1.807) is 11.9 Å². The normalized spacial score (nSPS) is 17.9. The molecule has 0 spiro atoms. The number of hydrogen-bond acceptors (Lipinski definition) is 4. The first-order valence-corrected chi connectivity index (χ1v) is 10.9. The molecule has 28 heavy (non-hydrogen) atoms. The van der Waals surface area contributed by atoms with Gasteiger partial charge in [0.05, 0.1) is 17.4 Å². The number of sulfonamides is 1. The fourth-order valence-electron chi connectivity index (χ4n) is 3.39. The van der Waals surface area contributed by atoms with E-state index in [9.17, 15) is 22.4 Å². The Morgan fingerprint density at radius 3 is 2.36 bits per heavy atom. The van der Waals surface area contributed by atoms with Crippen LogP contribution in [0.5, 0.6) is 0 Å². The second-order valence-electron chi connectivity index (χ2n) is 6.92. The molecule has 1 heterocycles. The number of rotatable bonds is 7. The molecule has 0 aromatic heterocycles. The summed E-state index contributed by atoms with van der Waals surface area (Å²) < 4.78 is 40.0. The molecular formula is C19H28FN3O4S. The van der Waals surface area contributed by atoms with Crippen LogP contribution in [0.1, 0.15) is 26.7 Å². The van der Waals surface area contributed by atoms with Gasteiger partial charge in [-0.15, -0.1) is 0 Å². The van der Waals surface area contributed by atoms with Crippen LogP contribution < -0.4 is 0 Å². The van der Waals surface area contributed by atoms with Gasteiger partial charge in [-0.2, -0.15) is 4.31 Å². The van der Waals surface area contributed by atoms with Gasteiger partial charge < -0.3 is 9.80 Å². The average Bonchev–Trinajstić information content (AvgIpc) is 2.68. The number of nitrogens with zero attached hydrogens (tertiary/aromatic N) is 3. The van der Waals surface area contributed by atoms with Crippen LogP contribution in [0, 0.1) is 11.7 Å². The largest absolute Gasteiger partial charge is 0.342 e. The fourth-order valence-corrected chi connectivity index (χ4v) is 4.91. The molecule has 1 aliphatic rings. The monoisotopic (exact) mass is 413 g/mol. The SMILES string of the molecule is CCN(CC)C(=O)CN(C)C(=O)C1CCCN(S(=O)(=O)c2ccc(F)cc2)C1. The molecule has 1 saturated heterocycles. The van der Waals surface area contributed by atoms with E-state index in [1.165, 1.54) is 21.3 Å². The van der Waals surface area contributed by atoms with Gasteiger partial charge in [0, 0.05) is 33.2 Å². The summed E-state index contributed by atoms with van der Waals surface area (Å²) in [6, 6.07) is 4.66. The number of likely N-dealkylation sites (N-methyl/N-ethyl adjacent to an activating group) is 2. The van der Waals surface area contributed by atoms with E-state index in [4.69, 9.17) is 0 Å². The topological polar surface area (TPSA) is 78.0 Å². The third-order valence-electron chi connectivity index (χ3n) is 5.05. The minimum Gasteiger partial charge on any atom is -0.342 e. The van der Waals surface area contributed by atoms with Gasteiger partial charge in [-0.1, -0.05) is 0 Å². The zero-order valence-corrected chi connectivity index (χ0v) is 17.4. The van der Waals surface area contributed by atoms with Crippen LogP contribution in [-0.4, -0.2) is 74.1 Å². The van der Waals surface area contributed by atoms with Gasteiger partial charge in [0.2, 0.25) is 21.8 Å². The van der Waals surface area contributed by atoms with E-state index in [-0.39, 0.29) is 29.8 Å². The van der Waals surface area contributed by atoms with Crippen molar-refractivity contribution in [1.29, 1.82) is 0 Å². The van der Waals surface area contributed by atoms with E-state index in [0.717, 1.165) is 12.1 Å².